The Labute approximate surface area is 189 Å². The lowest BCUT2D eigenvalue weighted by Gasteiger charge is -2.14. The Morgan fingerprint density at radius 2 is 1.88 bits per heavy atom. The molecule has 0 radical (unpaired) electrons. The van der Waals surface area contributed by atoms with Crippen LogP contribution in [0.1, 0.15) is 42.4 Å². The van der Waals surface area contributed by atoms with Gasteiger partial charge in [-0.25, -0.2) is 0 Å². The van der Waals surface area contributed by atoms with Gasteiger partial charge >= 0.3 is 6.18 Å². The van der Waals surface area contributed by atoms with Gasteiger partial charge in [0.25, 0.3) is 5.91 Å². The number of amides is 2. The Bertz CT molecular complexity index is 951. The second-order valence-corrected chi connectivity index (χ2v) is 7.33. The Kier molecular flexibility index (Phi) is 9.43. The minimum atomic E-state index is -4.49. The maximum atomic E-state index is 12.7. The van der Waals surface area contributed by atoms with Crippen molar-refractivity contribution in [2.75, 3.05) is 19.8 Å². The zero-order chi connectivity index (χ0) is 24.4. The zero-order valence-electron chi connectivity index (χ0n) is 18.7. The molecule has 0 atom stereocenters. The van der Waals surface area contributed by atoms with Crippen LogP contribution in [0.2, 0.25) is 0 Å². The van der Waals surface area contributed by atoms with Crippen molar-refractivity contribution in [2.45, 2.75) is 39.9 Å². The molecule has 0 saturated heterocycles. The van der Waals surface area contributed by atoms with E-state index >= 15 is 0 Å². The summed E-state index contributed by atoms with van der Waals surface area (Å²) in [5.74, 6) is -0.789. The van der Waals surface area contributed by atoms with E-state index < -0.39 is 18.7 Å². The summed E-state index contributed by atoms with van der Waals surface area (Å²) in [5.41, 5.74) is 1.35. The van der Waals surface area contributed by atoms with Crippen molar-refractivity contribution in [3.63, 3.8) is 0 Å². The first-order valence-electron chi connectivity index (χ1n) is 10.4. The molecule has 2 aromatic heterocycles. The fourth-order valence-electron chi connectivity index (χ4n) is 2.71. The standard InChI is InChI=1S/C22H27F3N4O4/c1-4-32-21-15(7-8-18(29-21)33-13-22(23,24)25)12-28-20(31)16-6-5-10-26-17(16)9-11-27-19(30)14(2)3/h5-8,10,14H,4,9,11-13H2,1-3H3,(H,27,30)(H,28,31). The van der Waals surface area contributed by atoms with Gasteiger partial charge in [0.05, 0.1) is 17.9 Å². The zero-order valence-corrected chi connectivity index (χ0v) is 18.7. The number of pyridine rings is 2. The Morgan fingerprint density at radius 1 is 1.12 bits per heavy atom. The largest absolute Gasteiger partial charge is 0.478 e. The molecule has 180 valence electrons. The Morgan fingerprint density at radius 3 is 2.55 bits per heavy atom. The van der Waals surface area contributed by atoms with E-state index in [-0.39, 0.29) is 36.7 Å². The van der Waals surface area contributed by atoms with Crippen LogP contribution in [0.3, 0.4) is 0 Å². The molecular weight excluding hydrogens is 441 g/mol. The molecule has 0 aromatic carbocycles. The molecule has 0 bridgehead atoms. The van der Waals surface area contributed by atoms with Crippen LogP contribution < -0.4 is 20.1 Å². The molecule has 8 nitrogen and oxygen atoms in total. The Balaban J connectivity index is 2.04. The number of alkyl halides is 3. The Hall–Kier alpha value is -3.37. The maximum absolute atomic E-state index is 12.7. The average molecular weight is 468 g/mol. The van der Waals surface area contributed by atoms with Crippen LogP contribution in [0.4, 0.5) is 13.2 Å². The van der Waals surface area contributed by atoms with Crippen molar-refractivity contribution in [1.29, 1.82) is 0 Å². The van der Waals surface area contributed by atoms with E-state index in [9.17, 15) is 22.8 Å². The third-order valence-electron chi connectivity index (χ3n) is 4.34. The molecule has 0 unspecified atom stereocenters. The van der Waals surface area contributed by atoms with Gasteiger partial charge < -0.3 is 20.1 Å². The lowest BCUT2D eigenvalue weighted by Crippen LogP contribution is -2.30. The van der Waals surface area contributed by atoms with Crippen LogP contribution in [0.25, 0.3) is 0 Å². The van der Waals surface area contributed by atoms with Gasteiger partial charge in [0.15, 0.2) is 6.61 Å². The van der Waals surface area contributed by atoms with Gasteiger partial charge in [0.1, 0.15) is 0 Å². The lowest BCUT2D eigenvalue weighted by atomic mass is 10.1. The number of nitrogens with zero attached hydrogens (tertiary/aromatic N) is 2. The van der Waals surface area contributed by atoms with E-state index in [1.54, 1.807) is 39.1 Å². The SMILES string of the molecule is CCOc1nc(OCC(F)(F)F)ccc1CNC(=O)c1cccnc1CCNC(=O)C(C)C. The lowest BCUT2D eigenvalue weighted by molar-refractivity contribution is -0.154. The molecule has 0 spiro atoms. The number of nitrogens with one attached hydrogen (secondary N) is 2. The predicted octanol–water partition coefficient (Wildman–Crippen LogP) is 3.06. The molecule has 33 heavy (non-hydrogen) atoms. The first kappa shape index (κ1) is 25.9. The van der Waals surface area contributed by atoms with E-state index in [0.29, 0.717) is 29.8 Å². The molecule has 2 rings (SSSR count). The summed E-state index contributed by atoms with van der Waals surface area (Å²) in [4.78, 5) is 32.7. The third-order valence-corrected chi connectivity index (χ3v) is 4.34. The predicted molar refractivity (Wildman–Crippen MR) is 114 cm³/mol. The summed E-state index contributed by atoms with van der Waals surface area (Å²) in [7, 11) is 0. The van der Waals surface area contributed by atoms with Gasteiger partial charge in [-0.2, -0.15) is 18.2 Å². The van der Waals surface area contributed by atoms with Gasteiger partial charge in [-0.1, -0.05) is 13.8 Å². The van der Waals surface area contributed by atoms with Crippen LogP contribution in [0.15, 0.2) is 30.5 Å². The highest BCUT2D eigenvalue weighted by atomic mass is 19.4. The summed E-state index contributed by atoms with van der Waals surface area (Å²) < 4.78 is 47.1. The van der Waals surface area contributed by atoms with E-state index in [4.69, 9.17) is 4.74 Å². The summed E-state index contributed by atoms with van der Waals surface area (Å²) in [6, 6.07) is 6.01. The monoisotopic (exact) mass is 468 g/mol. The second kappa shape index (κ2) is 12.0. The van der Waals surface area contributed by atoms with Crippen molar-refractivity contribution in [3.05, 3.63) is 47.3 Å². The number of hydrogen-bond donors (Lipinski definition) is 2. The molecule has 2 heterocycles. The van der Waals surface area contributed by atoms with Gasteiger partial charge in [-0.05, 0) is 25.1 Å². The van der Waals surface area contributed by atoms with Gasteiger partial charge in [-0.3, -0.25) is 14.6 Å². The highest BCUT2D eigenvalue weighted by molar-refractivity contribution is 5.95. The number of aromatic nitrogens is 2. The number of carbonyl (C=O) groups excluding carboxylic acids is 2. The van der Waals surface area contributed by atoms with Crippen molar-refractivity contribution in [2.24, 2.45) is 5.92 Å². The maximum Gasteiger partial charge on any atom is 0.422 e. The number of ether oxygens (including phenoxy) is 2. The molecule has 2 N–H and O–H groups in total. The highest BCUT2D eigenvalue weighted by Gasteiger charge is 2.28. The van der Waals surface area contributed by atoms with Crippen LogP contribution in [-0.4, -0.2) is 47.7 Å². The van der Waals surface area contributed by atoms with Crippen LogP contribution in [0.5, 0.6) is 11.8 Å². The normalized spacial score (nSPS) is 11.2. The van der Waals surface area contributed by atoms with Crippen molar-refractivity contribution >= 4 is 11.8 Å². The van der Waals surface area contributed by atoms with E-state index in [0.717, 1.165) is 0 Å². The van der Waals surface area contributed by atoms with Gasteiger partial charge in [0.2, 0.25) is 17.7 Å². The number of hydrogen-bond acceptors (Lipinski definition) is 6. The molecule has 11 heteroatoms. The van der Waals surface area contributed by atoms with Crippen molar-refractivity contribution < 1.29 is 32.2 Å². The van der Waals surface area contributed by atoms with Gasteiger partial charge in [-0.15, -0.1) is 0 Å². The fourth-order valence-corrected chi connectivity index (χ4v) is 2.71. The second-order valence-electron chi connectivity index (χ2n) is 7.33. The van der Waals surface area contributed by atoms with Crippen LogP contribution >= 0.6 is 0 Å². The third kappa shape index (κ3) is 8.59. The first-order chi connectivity index (χ1) is 15.6. The summed E-state index contributed by atoms with van der Waals surface area (Å²) in [6.45, 7) is 4.40. The molecular formula is C22H27F3N4O4. The number of rotatable bonds is 11. The van der Waals surface area contributed by atoms with Crippen molar-refractivity contribution in [3.8, 4) is 11.8 Å². The summed E-state index contributed by atoms with van der Waals surface area (Å²) in [5, 5.41) is 5.52. The first-order valence-corrected chi connectivity index (χ1v) is 10.4. The van der Waals surface area contributed by atoms with Crippen LogP contribution in [-0.2, 0) is 17.8 Å². The van der Waals surface area contributed by atoms with E-state index in [2.05, 4.69) is 25.3 Å². The molecule has 0 aliphatic carbocycles. The summed E-state index contributed by atoms with van der Waals surface area (Å²) in [6.07, 6.45) is -2.55. The average Bonchev–Trinajstić information content (AvgIpc) is 2.76. The molecule has 2 amide bonds. The van der Waals surface area contributed by atoms with Gasteiger partial charge in [0, 0.05) is 43.3 Å². The molecule has 0 aliphatic rings. The van der Waals surface area contributed by atoms with Crippen molar-refractivity contribution in [1.82, 2.24) is 20.6 Å². The molecule has 2 aromatic rings. The minimum Gasteiger partial charge on any atom is -0.478 e. The van der Waals surface area contributed by atoms with E-state index in [1.807, 2.05) is 0 Å². The molecule has 0 saturated carbocycles. The molecule has 0 fully saturated rings. The topological polar surface area (TPSA) is 102 Å². The smallest absolute Gasteiger partial charge is 0.422 e. The number of halogens is 3. The highest BCUT2D eigenvalue weighted by Crippen LogP contribution is 2.23. The fraction of sp³-hybridized carbons (Fsp3) is 0.455. The summed E-state index contributed by atoms with van der Waals surface area (Å²) >= 11 is 0. The quantitative estimate of drug-likeness (QED) is 0.526. The van der Waals surface area contributed by atoms with Crippen LogP contribution in [0, 0.1) is 5.92 Å². The van der Waals surface area contributed by atoms with E-state index in [1.165, 1.54) is 12.1 Å². The number of carbonyl (C=O) groups is 2. The molecule has 0 aliphatic heterocycles. The minimum absolute atomic E-state index is 0.0269.